The van der Waals surface area contributed by atoms with Gasteiger partial charge >= 0.3 is 0 Å². The summed E-state index contributed by atoms with van der Waals surface area (Å²) in [5.74, 6) is 1.04. The lowest BCUT2D eigenvalue weighted by molar-refractivity contribution is 0.193. The van der Waals surface area contributed by atoms with Gasteiger partial charge in [0.15, 0.2) is 0 Å². The molecular weight excluding hydrogens is 180 g/mol. The summed E-state index contributed by atoms with van der Waals surface area (Å²) in [6.07, 6.45) is 0.950. The molecule has 1 aliphatic heterocycles. The first-order chi connectivity index (χ1) is 6.68. The van der Waals surface area contributed by atoms with Gasteiger partial charge in [0.2, 0.25) is 0 Å². The Morgan fingerprint density at radius 2 is 2.29 bits per heavy atom. The van der Waals surface area contributed by atoms with Crippen LogP contribution in [0.3, 0.4) is 0 Å². The van der Waals surface area contributed by atoms with Crippen LogP contribution in [0.15, 0.2) is 4.79 Å². The highest BCUT2D eigenvalue weighted by atomic mass is 16.5. The molecular formula is C10H14N2O2. The Kier molecular flexibility index (Phi) is 2.37. The fourth-order valence-electron chi connectivity index (χ4n) is 1.61. The lowest BCUT2D eigenvalue weighted by atomic mass is 10.1. The van der Waals surface area contributed by atoms with Gasteiger partial charge in [0, 0.05) is 23.8 Å². The highest BCUT2D eigenvalue weighted by molar-refractivity contribution is 5.15. The normalized spacial score (nSPS) is 21.4. The molecule has 0 aromatic carbocycles. The van der Waals surface area contributed by atoms with Gasteiger partial charge in [0.05, 0.1) is 6.61 Å². The van der Waals surface area contributed by atoms with Crippen molar-refractivity contribution < 1.29 is 4.74 Å². The minimum absolute atomic E-state index is 0.0283. The zero-order valence-corrected chi connectivity index (χ0v) is 8.46. The molecule has 4 heteroatoms. The Morgan fingerprint density at radius 1 is 1.50 bits per heavy atom. The number of rotatable bonds is 1. The van der Waals surface area contributed by atoms with Crippen molar-refractivity contribution in [2.24, 2.45) is 0 Å². The maximum Gasteiger partial charge on any atom is 0.254 e. The summed E-state index contributed by atoms with van der Waals surface area (Å²) in [5, 5.41) is 0. The Balaban J connectivity index is 2.39. The largest absolute Gasteiger partial charge is 0.381 e. The molecule has 1 aliphatic rings. The summed E-state index contributed by atoms with van der Waals surface area (Å²) in [6, 6.07) is 0. The number of nitrogens with zero attached hydrogens (tertiary/aromatic N) is 1. The third-order valence-electron chi connectivity index (χ3n) is 2.73. The van der Waals surface area contributed by atoms with Crippen LogP contribution in [-0.2, 0) is 4.74 Å². The number of hydrogen-bond acceptors (Lipinski definition) is 3. The fraction of sp³-hybridized carbons (Fsp3) is 0.600. The minimum Gasteiger partial charge on any atom is -0.381 e. The van der Waals surface area contributed by atoms with E-state index in [0.29, 0.717) is 12.2 Å². The van der Waals surface area contributed by atoms with Gasteiger partial charge in [-0.15, -0.1) is 0 Å². The van der Waals surface area contributed by atoms with Crippen molar-refractivity contribution in [3.05, 3.63) is 27.4 Å². The molecule has 0 amide bonds. The van der Waals surface area contributed by atoms with Gasteiger partial charge in [-0.1, -0.05) is 0 Å². The summed E-state index contributed by atoms with van der Waals surface area (Å²) in [6.45, 7) is 5.09. The number of aromatic nitrogens is 2. The van der Waals surface area contributed by atoms with Gasteiger partial charge in [-0.2, -0.15) is 0 Å². The number of ether oxygens (including phenoxy) is 1. The van der Waals surface area contributed by atoms with E-state index in [9.17, 15) is 4.79 Å². The molecule has 4 nitrogen and oxygen atoms in total. The van der Waals surface area contributed by atoms with Crippen LogP contribution in [0.2, 0.25) is 0 Å². The van der Waals surface area contributed by atoms with Crippen LogP contribution in [0.5, 0.6) is 0 Å². The first kappa shape index (κ1) is 9.40. The highest BCUT2D eigenvalue weighted by Crippen LogP contribution is 2.21. The van der Waals surface area contributed by atoms with E-state index in [1.807, 2.05) is 6.92 Å². The molecule has 0 radical (unpaired) electrons. The van der Waals surface area contributed by atoms with E-state index < -0.39 is 0 Å². The number of hydrogen-bond donors (Lipinski definition) is 1. The monoisotopic (exact) mass is 194 g/mol. The van der Waals surface area contributed by atoms with Crippen molar-refractivity contribution in [2.45, 2.75) is 26.2 Å². The first-order valence-electron chi connectivity index (χ1n) is 4.83. The number of aromatic amines is 1. The van der Waals surface area contributed by atoms with Crippen molar-refractivity contribution in [1.82, 2.24) is 9.97 Å². The van der Waals surface area contributed by atoms with Gasteiger partial charge in [0.25, 0.3) is 5.56 Å². The molecule has 1 N–H and O–H groups in total. The van der Waals surface area contributed by atoms with Gasteiger partial charge in [0.1, 0.15) is 5.82 Å². The van der Waals surface area contributed by atoms with Gasteiger partial charge in [-0.05, 0) is 20.3 Å². The van der Waals surface area contributed by atoms with Crippen molar-refractivity contribution in [1.29, 1.82) is 0 Å². The SMILES string of the molecule is Cc1nc(C2CCOC2)[nH]c(=O)c1C. The smallest absolute Gasteiger partial charge is 0.254 e. The van der Waals surface area contributed by atoms with E-state index in [2.05, 4.69) is 9.97 Å². The molecule has 14 heavy (non-hydrogen) atoms. The summed E-state index contributed by atoms with van der Waals surface area (Å²) in [7, 11) is 0. The van der Waals surface area contributed by atoms with Crippen molar-refractivity contribution in [2.75, 3.05) is 13.2 Å². The molecule has 1 fully saturated rings. The second kappa shape index (κ2) is 3.53. The van der Waals surface area contributed by atoms with E-state index in [0.717, 1.165) is 24.5 Å². The van der Waals surface area contributed by atoms with E-state index in [-0.39, 0.29) is 11.5 Å². The summed E-state index contributed by atoms with van der Waals surface area (Å²) in [5.41, 5.74) is 1.49. The molecule has 0 spiro atoms. The zero-order valence-electron chi connectivity index (χ0n) is 8.46. The van der Waals surface area contributed by atoms with E-state index in [4.69, 9.17) is 4.74 Å². The number of H-pyrrole nitrogens is 1. The van der Waals surface area contributed by atoms with Gasteiger partial charge in [-0.3, -0.25) is 4.79 Å². The molecule has 1 aromatic heterocycles. The number of nitrogens with one attached hydrogen (secondary N) is 1. The maximum absolute atomic E-state index is 11.5. The average Bonchev–Trinajstić information content (AvgIpc) is 2.66. The third kappa shape index (κ3) is 1.57. The summed E-state index contributed by atoms with van der Waals surface area (Å²) in [4.78, 5) is 18.7. The molecule has 1 saturated heterocycles. The molecule has 0 saturated carbocycles. The van der Waals surface area contributed by atoms with Crippen molar-refractivity contribution in [3.8, 4) is 0 Å². The average molecular weight is 194 g/mol. The minimum atomic E-state index is -0.0283. The van der Waals surface area contributed by atoms with Crippen molar-refractivity contribution in [3.63, 3.8) is 0 Å². The lowest BCUT2D eigenvalue weighted by Gasteiger charge is -2.08. The topological polar surface area (TPSA) is 55.0 Å². The third-order valence-corrected chi connectivity index (χ3v) is 2.73. The lowest BCUT2D eigenvalue weighted by Crippen LogP contribution is -2.18. The summed E-state index contributed by atoms with van der Waals surface area (Å²) >= 11 is 0. The van der Waals surface area contributed by atoms with Crippen LogP contribution < -0.4 is 5.56 Å². The van der Waals surface area contributed by atoms with Crippen LogP contribution in [-0.4, -0.2) is 23.2 Å². The predicted octanol–water partition coefficient (Wildman–Crippen LogP) is 0.891. The molecule has 2 rings (SSSR count). The molecule has 0 aliphatic carbocycles. The second-order valence-electron chi connectivity index (χ2n) is 3.72. The van der Waals surface area contributed by atoms with E-state index in [1.54, 1.807) is 6.92 Å². The molecule has 76 valence electrons. The van der Waals surface area contributed by atoms with Gasteiger partial charge in [-0.25, -0.2) is 4.98 Å². The zero-order chi connectivity index (χ0) is 10.1. The molecule has 2 heterocycles. The molecule has 1 atom stereocenters. The van der Waals surface area contributed by atoms with Crippen molar-refractivity contribution >= 4 is 0 Å². The Labute approximate surface area is 82.3 Å². The Morgan fingerprint density at radius 3 is 2.86 bits per heavy atom. The standard InChI is InChI=1S/C10H14N2O2/c1-6-7(2)11-9(12-10(6)13)8-3-4-14-5-8/h8H,3-5H2,1-2H3,(H,11,12,13). The van der Waals surface area contributed by atoms with Crippen LogP contribution in [0.25, 0.3) is 0 Å². The second-order valence-corrected chi connectivity index (χ2v) is 3.72. The predicted molar refractivity (Wildman–Crippen MR) is 52.5 cm³/mol. The number of aryl methyl sites for hydroxylation is 1. The highest BCUT2D eigenvalue weighted by Gasteiger charge is 2.20. The van der Waals surface area contributed by atoms with Crippen LogP contribution >= 0.6 is 0 Å². The molecule has 1 unspecified atom stereocenters. The van der Waals surface area contributed by atoms with Gasteiger partial charge < -0.3 is 9.72 Å². The quantitative estimate of drug-likeness (QED) is 0.722. The Bertz CT molecular complexity index is 392. The fourth-order valence-corrected chi connectivity index (χ4v) is 1.61. The van der Waals surface area contributed by atoms with Crippen LogP contribution in [0.1, 0.15) is 29.4 Å². The maximum atomic E-state index is 11.5. The van der Waals surface area contributed by atoms with E-state index in [1.165, 1.54) is 0 Å². The van der Waals surface area contributed by atoms with Crippen LogP contribution in [0.4, 0.5) is 0 Å². The Hall–Kier alpha value is -1.16. The van der Waals surface area contributed by atoms with E-state index >= 15 is 0 Å². The molecule has 0 bridgehead atoms. The molecule has 1 aromatic rings. The summed E-state index contributed by atoms with van der Waals surface area (Å²) < 4.78 is 5.26. The van der Waals surface area contributed by atoms with Crippen LogP contribution in [0, 0.1) is 13.8 Å². The first-order valence-corrected chi connectivity index (χ1v) is 4.83.